The van der Waals surface area contributed by atoms with Crippen LogP contribution in [0.2, 0.25) is 0 Å². The summed E-state index contributed by atoms with van der Waals surface area (Å²) in [6.45, 7) is 12.0. The number of piperidine rings is 1. The molecule has 1 atom stereocenters. The number of benzene rings is 1. The van der Waals surface area contributed by atoms with Crippen molar-refractivity contribution in [3.63, 3.8) is 0 Å². The summed E-state index contributed by atoms with van der Waals surface area (Å²) in [6.07, 6.45) is 1.15. The van der Waals surface area contributed by atoms with E-state index in [4.69, 9.17) is 5.73 Å². The predicted octanol–water partition coefficient (Wildman–Crippen LogP) is 4.15. The summed E-state index contributed by atoms with van der Waals surface area (Å²) in [5.41, 5.74) is 7.50. The molecule has 4 saturated heterocycles. The van der Waals surface area contributed by atoms with Crippen molar-refractivity contribution >= 4 is 24.0 Å². The van der Waals surface area contributed by atoms with Crippen molar-refractivity contribution in [2.75, 3.05) is 52.4 Å². The zero-order valence-corrected chi connectivity index (χ0v) is 27.5. The molecule has 5 aliphatic rings. The van der Waals surface area contributed by atoms with Gasteiger partial charge in [-0.3, -0.25) is 9.59 Å². The highest BCUT2D eigenvalue weighted by Gasteiger charge is 2.43. The maximum absolute atomic E-state index is 13.7. The first-order chi connectivity index (χ1) is 21.9. The van der Waals surface area contributed by atoms with Crippen LogP contribution >= 0.6 is 12.4 Å². The zero-order valence-electron chi connectivity index (χ0n) is 26.7. The third-order valence-corrected chi connectivity index (χ3v) is 9.13. The SMILES string of the molecule is CC(C)C(N)CCn1cc(-c2ccc(F)c(C(F)(F)F)c2)nc1C1CCNCC1.Cl.O=C1C=C(N2CC2)C(=O)C(N2CC2)=C1N1CC1. The highest BCUT2D eigenvalue weighted by Crippen LogP contribution is 2.36. The largest absolute Gasteiger partial charge is 0.419 e. The van der Waals surface area contributed by atoms with Crippen LogP contribution in [-0.2, 0) is 22.3 Å². The molecule has 47 heavy (non-hydrogen) atoms. The van der Waals surface area contributed by atoms with Crippen molar-refractivity contribution in [2.24, 2.45) is 11.7 Å². The van der Waals surface area contributed by atoms with E-state index < -0.39 is 17.6 Å². The molecule has 5 heterocycles. The second-order valence-electron chi connectivity index (χ2n) is 13.0. The highest BCUT2D eigenvalue weighted by atomic mass is 35.5. The summed E-state index contributed by atoms with van der Waals surface area (Å²) in [6, 6.07) is 3.08. The number of nitrogens with two attached hydrogens (primary N) is 1. The summed E-state index contributed by atoms with van der Waals surface area (Å²) in [4.78, 5) is 35.2. The Hall–Kier alpha value is -3.42. The van der Waals surface area contributed by atoms with E-state index in [9.17, 15) is 27.2 Å². The Balaban J connectivity index is 0.000000203. The maximum Gasteiger partial charge on any atom is 0.419 e. The Morgan fingerprint density at radius 2 is 1.60 bits per heavy atom. The fourth-order valence-corrected chi connectivity index (χ4v) is 5.95. The van der Waals surface area contributed by atoms with Crippen LogP contribution in [0, 0.1) is 11.7 Å². The molecular weight excluding hydrogens is 638 g/mol. The van der Waals surface area contributed by atoms with Gasteiger partial charge in [-0.1, -0.05) is 13.8 Å². The zero-order chi connectivity index (χ0) is 32.7. The number of nitrogens with one attached hydrogen (secondary N) is 1. The molecule has 0 saturated carbocycles. The van der Waals surface area contributed by atoms with Gasteiger partial charge in [-0.2, -0.15) is 13.2 Å². The lowest BCUT2D eigenvalue weighted by Gasteiger charge is -2.24. The first kappa shape index (κ1) is 34.9. The van der Waals surface area contributed by atoms with Gasteiger partial charge in [-0.25, -0.2) is 9.37 Å². The molecule has 0 spiro atoms. The van der Waals surface area contributed by atoms with Crippen molar-refractivity contribution in [1.29, 1.82) is 0 Å². The number of rotatable bonds is 9. The minimum atomic E-state index is -4.75. The monoisotopic (exact) mass is 679 g/mol. The van der Waals surface area contributed by atoms with Gasteiger partial charge in [-0.05, 0) is 56.5 Å². The van der Waals surface area contributed by atoms with E-state index in [2.05, 4.69) is 24.1 Å². The molecule has 256 valence electrons. The van der Waals surface area contributed by atoms with E-state index >= 15 is 0 Å². The average Bonchev–Trinajstić information content (AvgIpc) is 3.87. The maximum atomic E-state index is 13.7. The van der Waals surface area contributed by atoms with Gasteiger partial charge in [0.1, 0.15) is 23.0 Å². The number of carbonyl (C=O) groups excluding carboxylic acids is 2. The number of allylic oxidation sites excluding steroid dienone is 1. The topological polar surface area (TPSA) is 99.0 Å². The molecule has 0 amide bonds. The van der Waals surface area contributed by atoms with Crippen molar-refractivity contribution < 1.29 is 27.2 Å². The van der Waals surface area contributed by atoms with E-state index in [0.717, 1.165) is 89.6 Å². The molecule has 4 aliphatic heterocycles. The van der Waals surface area contributed by atoms with Gasteiger partial charge < -0.3 is 30.3 Å². The van der Waals surface area contributed by atoms with Crippen LogP contribution in [-0.4, -0.2) is 94.2 Å². The molecule has 3 N–H and O–H groups in total. The van der Waals surface area contributed by atoms with Crippen LogP contribution in [0.3, 0.4) is 0 Å². The van der Waals surface area contributed by atoms with E-state index in [-0.39, 0.29) is 41.5 Å². The predicted molar refractivity (Wildman–Crippen MR) is 172 cm³/mol. The molecule has 9 nitrogen and oxygen atoms in total. The molecule has 7 rings (SSSR count). The fraction of sp³-hybridized carbons (Fsp3) is 0.545. The van der Waals surface area contributed by atoms with E-state index in [1.165, 1.54) is 12.1 Å². The molecular formula is C33H42ClF4N7O2. The number of alkyl halides is 3. The molecule has 14 heteroatoms. The lowest BCUT2D eigenvalue weighted by atomic mass is 9.97. The first-order valence-electron chi connectivity index (χ1n) is 16.1. The Morgan fingerprint density at radius 1 is 0.979 bits per heavy atom. The second kappa shape index (κ2) is 14.0. The quantitative estimate of drug-likeness (QED) is 0.232. The van der Waals surface area contributed by atoms with Gasteiger partial charge in [0, 0.05) is 75.6 Å². The van der Waals surface area contributed by atoms with Gasteiger partial charge >= 0.3 is 6.18 Å². The van der Waals surface area contributed by atoms with E-state index in [0.29, 0.717) is 35.2 Å². The number of Topliss-reactive ketones (excluding diaryl/α,β-unsaturated/α-hetero) is 1. The van der Waals surface area contributed by atoms with Gasteiger partial charge in [0.05, 0.1) is 17.0 Å². The van der Waals surface area contributed by atoms with Crippen molar-refractivity contribution in [3.8, 4) is 11.3 Å². The smallest absolute Gasteiger partial charge is 0.365 e. The van der Waals surface area contributed by atoms with E-state index in [1.54, 1.807) is 6.20 Å². The third kappa shape index (κ3) is 8.01. The summed E-state index contributed by atoms with van der Waals surface area (Å²) >= 11 is 0. The fourth-order valence-electron chi connectivity index (χ4n) is 5.95. The number of aryl methyl sites for hydroxylation is 1. The molecule has 0 radical (unpaired) electrons. The van der Waals surface area contributed by atoms with Crippen molar-refractivity contribution in [3.05, 3.63) is 64.8 Å². The number of hydrogen-bond donors (Lipinski definition) is 2. The summed E-state index contributed by atoms with van der Waals surface area (Å²) in [7, 11) is 0. The number of imidazole rings is 1. The van der Waals surface area contributed by atoms with Crippen LogP contribution in [0.4, 0.5) is 17.6 Å². The van der Waals surface area contributed by atoms with Crippen LogP contribution in [0.5, 0.6) is 0 Å². The molecule has 1 aromatic heterocycles. The Labute approximate surface area is 278 Å². The molecule has 1 unspecified atom stereocenters. The molecule has 1 aliphatic carbocycles. The Bertz CT molecular complexity index is 1550. The Morgan fingerprint density at radius 3 is 2.17 bits per heavy atom. The minimum Gasteiger partial charge on any atom is -0.365 e. The number of carbonyl (C=O) groups is 2. The standard InChI is InChI=1S/C21H28F4N4.C12H13N3O2.ClH/c1-13(2)18(26)7-10-29-12-19(28-20(29)14-5-8-27-9-6-14)15-3-4-17(22)16(11-15)21(23,24)25;16-9-7-8(13-1-2-13)12(17)11(15-5-6-15)10(9)14-3-4-14;/h3-4,11-14,18,27H,5-10,26H2,1-2H3;7H,1-6H2;1H. The summed E-state index contributed by atoms with van der Waals surface area (Å²) < 4.78 is 55.0. The highest BCUT2D eigenvalue weighted by molar-refractivity contribution is 6.22. The van der Waals surface area contributed by atoms with Crippen LogP contribution in [0.15, 0.2) is 47.6 Å². The number of hydrogen-bond acceptors (Lipinski definition) is 8. The molecule has 1 aromatic carbocycles. The van der Waals surface area contributed by atoms with Crippen LogP contribution in [0.1, 0.15) is 50.4 Å². The summed E-state index contributed by atoms with van der Waals surface area (Å²) in [5.74, 6) is 0.222. The second-order valence-corrected chi connectivity index (χ2v) is 13.0. The third-order valence-electron chi connectivity index (χ3n) is 9.13. The lowest BCUT2D eigenvalue weighted by Crippen LogP contribution is -2.30. The molecule has 2 aromatic rings. The number of ketones is 2. The van der Waals surface area contributed by atoms with Crippen molar-refractivity contribution in [1.82, 2.24) is 29.6 Å². The number of nitrogens with zero attached hydrogens (tertiary/aromatic N) is 5. The Kier molecular flexibility index (Phi) is 10.4. The molecule has 0 bridgehead atoms. The lowest BCUT2D eigenvalue weighted by molar-refractivity contribution is -0.140. The van der Waals surface area contributed by atoms with Gasteiger partial charge in [0.15, 0.2) is 0 Å². The van der Waals surface area contributed by atoms with Gasteiger partial charge in [0.2, 0.25) is 11.6 Å². The number of halogens is 5. The molecule has 4 fully saturated rings. The number of aromatic nitrogens is 2. The van der Waals surface area contributed by atoms with Crippen molar-refractivity contribution in [2.45, 2.75) is 57.8 Å². The summed E-state index contributed by atoms with van der Waals surface area (Å²) in [5, 5.41) is 3.31. The van der Waals surface area contributed by atoms with Crippen LogP contribution in [0.25, 0.3) is 11.3 Å². The average molecular weight is 680 g/mol. The van der Waals surface area contributed by atoms with Gasteiger partial charge in [0.25, 0.3) is 0 Å². The normalized spacial score (nSPS) is 20.2. The first-order valence-corrected chi connectivity index (χ1v) is 16.1. The van der Waals surface area contributed by atoms with Crippen LogP contribution < -0.4 is 11.1 Å². The van der Waals surface area contributed by atoms with E-state index in [1.807, 2.05) is 19.3 Å². The van der Waals surface area contributed by atoms with Gasteiger partial charge in [-0.15, -0.1) is 12.4 Å². The minimum absolute atomic E-state index is 0.